The summed E-state index contributed by atoms with van der Waals surface area (Å²) >= 11 is 0. The number of aliphatic hydroxyl groups is 1. The molecule has 2 unspecified atom stereocenters. The Labute approximate surface area is 84.3 Å². The van der Waals surface area contributed by atoms with Crippen molar-refractivity contribution in [1.82, 2.24) is 0 Å². The number of sulfone groups is 1. The Bertz CT molecular complexity index is 381. The summed E-state index contributed by atoms with van der Waals surface area (Å²) in [6, 6.07) is 8.16. The second-order valence-electron chi connectivity index (χ2n) is 3.30. The van der Waals surface area contributed by atoms with Crippen LogP contribution in [0.15, 0.2) is 35.2 Å². The molecule has 0 aromatic heterocycles. The molecular formula is C10H14O3S. The highest BCUT2D eigenvalue weighted by Gasteiger charge is 2.26. The molecule has 0 radical (unpaired) electrons. The highest BCUT2D eigenvalue weighted by Crippen LogP contribution is 2.17. The first-order chi connectivity index (χ1) is 6.46. The summed E-state index contributed by atoms with van der Waals surface area (Å²) < 4.78 is 23.6. The van der Waals surface area contributed by atoms with Crippen LogP contribution in [0.4, 0.5) is 0 Å². The van der Waals surface area contributed by atoms with Gasteiger partial charge < -0.3 is 5.11 Å². The van der Waals surface area contributed by atoms with Crippen LogP contribution in [0.3, 0.4) is 0 Å². The molecule has 78 valence electrons. The van der Waals surface area contributed by atoms with Crippen molar-refractivity contribution in [1.29, 1.82) is 0 Å². The van der Waals surface area contributed by atoms with Crippen LogP contribution in [0.5, 0.6) is 0 Å². The van der Waals surface area contributed by atoms with E-state index >= 15 is 0 Å². The van der Waals surface area contributed by atoms with Gasteiger partial charge in [0, 0.05) is 0 Å². The second-order valence-corrected chi connectivity index (χ2v) is 5.61. The van der Waals surface area contributed by atoms with Gasteiger partial charge in [-0.25, -0.2) is 8.42 Å². The van der Waals surface area contributed by atoms with Crippen molar-refractivity contribution in [3.05, 3.63) is 30.3 Å². The predicted molar refractivity (Wildman–Crippen MR) is 54.8 cm³/mol. The van der Waals surface area contributed by atoms with Gasteiger partial charge in [-0.15, -0.1) is 0 Å². The van der Waals surface area contributed by atoms with E-state index in [4.69, 9.17) is 0 Å². The summed E-state index contributed by atoms with van der Waals surface area (Å²) in [7, 11) is -3.39. The van der Waals surface area contributed by atoms with Gasteiger partial charge in [-0.3, -0.25) is 0 Å². The summed E-state index contributed by atoms with van der Waals surface area (Å²) in [5, 5.41) is 8.47. The van der Waals surface area contributed by atoms with Crippen LogP contribution >= 0.6 is 0 Å². The molecular weight excluding hydrogens is 200 g/mol. The second kappa shape index (κ2) is 4.11. The third-order valence-electron chi connectivity index (χ3n) is 2.24. The van der Waals surface area contributed by atoms with E-state index in [-0.39, 0.29) is 4.90 Å². The number of benzene rings is 1. The maximum absolute atomic E-state index is 11.8. The zero-order chi connectivity index (χ0) is 10.8. The zero-order valence-electron chi connectivity index (χ0n) is 8.21. The molecule has 0 bridgehead atoms. The number of hydrogen-bond donors (Lipinski definition) is 1. The topological polar surface area (TPSA) is 54.4 Å². The first-order valence-electron chi connectivity index (χ1n) is 4.43. The fourth-order valence-corrected chi connectivity index (χ4v) is 2.57. The number of rotatable bonds is 3. The lowest BCUT2D eigenvalue weighted by Crippen LogP contribution is -2.28. The predicted octanol–water partition coefficient (Wildman–Crippen LogP) is 1.23. The normalized spacial score (nSPS) is 16.2. The van der Waals surface area contributed by atoms with Crippen LogP contribution < -0.4 is 0 Å². The van der Waals surface area contributed by atoms with Crippen LogP contribution in [0.25, 0.3) is 0 Å². The van der Waals surface area contributed by atoms with E-state index in [2.05, 4.69) is 0 Å². The summed E-state index contributed by atoms with van der Waals surface area (Å²) in [5.74, 6) is 0. The molecule has 2 atom stereocenters. The van der Waals surface area contributed by atoms with E-state index in [1.54, 1.807) is 18.2 Å². The smallest absolute Gasteiger partial charge is 0.183 e. The number of hydrogen-bond acceptors (Lipinski definition) is 3. The Balaban J connectivity index is 3.10. The maximum Gasteiger partial charge on any atom is 0.183 e. The maximum atomic E-state index is 11.8. The lowest BCUT2D eigenvalue weighted by molar-refractivity contribution is 0.193. The van der Waals surface area contributed by atoms with E-state index in [0.717, 1.165) is 0 Å². The molecule has 3 nitrogen and oxygen atoms in total. The Morgan fingerprint density at radius 3 is 2.07 bits per heavy atom. The van der Waals surface area contributed by atoms with Crippen molar-refractivity contribution < 1.29 is 13.5 Å². The van der Waals surface area contributed by atoms with E-state index < -0.39 is 21.2 Å². The van der Waals surface area contributed by atoms with E-state index in [1.165, 1.54) is 26.0 Å². The molecule has 1 aromatic carbocycles. The third-order valence-corrected chi connectivity index (χ3v) is 4.54. The summed E-state index contributed by atoms with van der Waals surface area (Å²) in [6.45, 7) is 2.98. The largest absolute Gasteiger partial charge is 0.392 e. The summed E-state index contributed by atoms with van der Waals surface area (Å²) in [5.41, 5.74) is 0. The molecule has 0 saturated carbocycles. The van der Waals surface area contributed by atoms with Gasteiger partial charge in [0.15, 0.2) is 9.84 Å². The molecule has 14 heavy (non-hydrogen) atoms. The van der Waals surface area contributed by atoms with Gasteiger partial charge in [0.05, 0.1) is 16.2 Å². The van der Waals surface area contributed by atoms with Crippen LogP contribution in [-0.2, 0) is 9.84 Å². The molecule has 1 N–H and O–H groups in total. The van der Waals surface area contributed by atoms with Gasteiger partial charge in [-0.2, -0.15) is 0 Å². The van der Waals surface area contributed by atoms with E-state index in [0.29, 0.717) is 0 Å². The van der Waals surface area contributed by atoms with Crippen molar-refractivity contribution in [3.63, 3.8) is 0 Å². The van der Waals surface area contributed by atoms with E-state index in [1.807, 2.05) is 0 Å². The quantitative estimate of drug-likeness (QED) is 0.823. The molecule has 0 heterocycles. The average Bonchev–Trinajstić information content (AvgIpc) is 2.18. The molecule has 1 aromatic rings. The van der Waals surface area contributed by atoms with Gasteiger partial charge in [0.25, 0.3) is 0 Å². The Morgan fingerprint density at radius 2 is 1.64 bits per heavy atom. The fourth-order valence-electron chi connectivity index (χ4n) is 1.08. The monoisotopic (exact) mass is 214 g/mol. The first kappa shape index (κ1) is 11.2. The molecule has 0 aliphatic rings. The van der Waals surface area contributed by atoms with Gasteiger partial charge in [-0.1, -0.05) is 18.2 Å². The lowest BCUT2D eigenvalue weighted by Gasteiger charge is -2.15. The van der Waals surface area contributed by atoms with Crippen molar-refractivity contribution in [2.75, 3.05) is 0 Å². The van der Waals surface area contributed by atoms with E-state index in [9.17, 15) is 13.5 Å². The highest BCUT2D eigenvalue weighted by molar-refractivity contribution is 7.92. The molecule has 0 aliphatic carbocycles. The van der Waals surface area contributed by atoms with Crippen molar-refractivity contribution in [2.45, 2.75) is 30.1 Å². The molecule has 0 spiro atoms. The van der Waals surface area contributed by atoms with Gasteiger partial charge >= 0.3 is 0 Å². The van der Waals surface area contributed by atoms with Gasteiger partial charge in [-0.05, 0) is 26.0 Å². The summed E-state index contributed by atoms with van der Waals surface area (Å²) in [4.78, 5) is 0.258. The van der Waals surface area contributed by atoms with Crippen LogP contribution in [-0.4, -0.2) is 24.9 Å². The molecule has 0 saturated heterocycles. The average molecular weight is 214 g/mol. The lowest BCUT2D eigenvalue weighted by atomic mass is 10.3. The van der Waals surface area contributed by atoms with Crippen molar-refractivity contribution >= 4 is 9.84 Å². The van der Waals surface area contributed by atoms with Gasteiger partial charge in [0.2, 0.25) is 0 Å². The third kappa shape index (κ3) is 2.13. The Morgan fingerprint density at radius 1 is 1.14 bits per heavy atom. The minimum atomic E-state index is -3.39. The van der Waals surface area contributed by atoms with Crippen LogP contribution in [0, 0.1) is 0 Å². The first-order valence-corrected chi connectivity index (χ1v) is 5.98. The van der Waals surface area contributed by atoms with Crippen LogP contribution in [0.2, 0.25) is 0 Å². The molecule has 0 amide bonds. The molecule has 0 fully saturated rings. The highest BCUT2D eigenvalue weighted by atomic mass is 32.2. The molecule has 4 heteroatoms. The SMILES string of the molecule is CC(O)C(C)S(=O)(=O)c1ccccc1. The Kier molecular flexibility index (Phi) is 3.29. The fraction of sp³-hybridized carbons (Fsp3) is 0.400. The van der Waals surface area contributed by atoms with Crippen molar-refractivity contribution in [3.8, 4) is 0 Å². The molecule has 0 aliphatic heterocycles. The van der Waals surface area contributed by atoms with Crippen LogP contribution in [0.1, 0.15) is 13.8 Å². The molecule has 1 rings (SSSR count). The summed E-state index contributed by atoms with van der Waals surface area (Å²) in [6.07, 6.45) is -0.861. The zero-order valence-corrected chi connectivity index (χ0v) is 9.03. The van der Waals surface area contributed by atoms with Gasteiger partial charge in [0.1, 0.15) is 0 Å². The number of aliphatic hydroxyl groups excluding tert-OH is 1. The van der Waals surface area contributed by atoms with Crippen molar-refractivity contribution in [2.24, 2.45) is 0 Å². The Hall–Kier alpha value is -0.870. The minimum Gasteiger partial charge on any atom is -0.392 e. The minimum absolute atomic E-state index is 0.258. The standard InChI is InChI=1S/C10H14O3S/c1-8(11)9(2)14(12,13)10-6-4-3-5-7-10/h3-9,11H,1-2H3.